The molecule has 2 aliphatic heterocycles. The SMILES string of the molecule is CC1(Oc2ccc3[nH]nc(-c4cc(N5CCC6(CC5)CNC(=O)CO6)ncn4)c3c2)CC1. The van der Waals surface area contributed by atoms with Crippen LogP contribution in [-0.2, 0) is 9.53 Å². The predicted octanol–water partition coefficient (Wildman–Crippen LogP) is 2.44. The van der Waals surface area contributed by atoms with Crippen LogP contribution in [0.15, 0.2) is 30.6 Å². The summed E-state index contributed by atoms with van der Waals surface area (Å²) in [5.41, 5.74) is 2.23. The minimum atomic E-state index is -0.257. The number of benzene rings is 1. The number of morpholine rings is 1. The molecule has 0 unspecified atom stereocenters. The van der Waals surface area contributed by atoms with Gasteiger partial charge >= 0.3 is 0 Å². The lowest BCUT2D eigenvalue weighted by Gasteiger charge is -2.43. The third kappa shape index (κ3) is 3.56. The van der Waals surface area contributed by atoms with E-state index < -0.39 is 0 Å². The van der Waals surface area contributed by atoms with E-state index in [4.69, 9.17) is 9.47 Å². The van der Waals surface area contributed by atoms with E-state index >= 15 is 0 Å². The number of anilines is 1. The van der Waals surface area contributed by atoms with Crippen molar-refractivity contribution in [3.05, 3.63) is 30.6 Å². The second-order valence-electron chi connectivity index (χ2n) is 9.33. The summed E-state index contributed by atoms with van der Waals surface area (Å²) in [5, 5.41) is 11.6. The van der Waals surface area contributed by atoms with Crippen molar-refractivity contribution in [1.29, 1.82) is 0 Å². The summed E-state index contributed by atoms with van der Waals surface area (Å²) < 4.78 is 12.0. The average Bonchev–Trinajstić information content (AvgIpc) is 3.38. The van der Waals surface area contributed by atoms with Crippen molar-refractivity contribution in [2.45, 2.75) is 43.8 Å². The maximum absolute atomic E-state index is 11.4. The lowest BCUT2D eigenvalue weighted by Crippen LogP contribution is -2.57. The number of rotatable bonds is 4. The zero-order valence-corrected chi connectivity index (χ0v) is 18.1. The molecule has 6 rings (SSSR count). The van der Waals surface area contributed by atoms with Crippen molar-refractivity contribution in [2.75, 3.05) is 31.1 Å². The first kappa shape index (κ1) is 19.5. The molecular formula is C23H26N6O3. The first-order valence-corrected chi connectivity index (χ1v) is 11.2. The standard InChI is InChI=1S/C23H26N6O3/c1-22(4-5-22)32-15-2-3-17-16(10-15)21(28-27-17)18-11-19(26-14-25-18)29-8-6-23(7-9-29)13-24-20(30)12-31-23/h2-3,10-11,14H,4-9,12-13H2,1H3,(H,24,30)(H,27,28). The quantitative estimate of drug-likeness (QED) is 0.650. The van der Waals surface area contributed by atoms with Crippen LogP contribution in [0.4, 0.5) is 5.82 Å². The number of amides is 1. The molecule has 32 heavy (non-hydrogen) atoms. The van der Waals surface area contributed by atoms with E-state index in [-0.39, 0.29) is 23.7 Å². The summed E-state index contributed by atoms with van der Waals surface area (Å²) in [6, 6.07) is 8.02. The summed E-state index contributed by atoms with van der Waals surface area (Å²) in [6.07, 6.45) is 5.47. The first-order chi connectivity index (χ1) is 15.5. The number of piperidine rings is 1. The lowest BCUT2D eigenvalue weighted by molar-refractivity contribution is -0.146. The van der Waals surface area contributed by atoms with Crippen LogP contribution in [-0.4, -0.2) is 63.5 Å². The van der Waals surface area contributed by atoms with Crippen LogP contribution in [0, 0.1) is 0 Å². The summed E-state index contributed by atoms with van der Waals surface area (Å²) >= 11 is 0. The fraction of sp³-hybridized carbons (Fsp3) is 0.478. The molecule has 2 aromatic heterocycles. The molecule has 0 atom stereocenters. The van der Waals surface area contributed by atoms with Crippen LogP contribution in [0.5, 0.6) is 5.75 Å². The Kier molecular flexibility index (Phi) is 4.36. The molecule has 9 heteroatoms. The highest BCUT2D eigenvalue weighted by molar-refractivity contribution is 5.93. The number of H-pyrrole nitrogens is 1. The van der Waals surface area contributed by atoms with E-state index in [0.29, 0.717) is 6.54 Å². The summed E-state index contributed by atoms with van der Waals surface area (Å²) in [6.45, 7) is 4.49. The number of nitrogens with zero attached hydrogens (tertiary/aromatic N) is 4. The normalized spacial score (nSPS) is 21.5. The van der Waals surface area contributed by atoms with E-state index in [9.17, 15) is 4.79 Å². The molecule has 3 fully saturated rings. The summed E-state index contributed by atoms with van der Waals surface area (Å²) in [4.78, 5) is 22.7. The number of fused-ring (bicyclic) bond motifs is 1. The summed E-state index contributed by atoms with van der Waals surface area (Å²) in [7, 11) is 0. The third-order valence-electron chi connectivity index (χ3n) is 6.86. The maximum atomic E-state index is 11.4. The molecule has 3 aromatic rings. The number of carbonyl (C=O) groups is 1. The van der Waals surface area contributed by atoms with Crippen LogP contribution in [0.25, 0.3) is 22.3 Å². The highest BCUT2D eigenvalue weighted by Gasteiger charge is 2.40. The molecule has 9 nitrogen and oxygen atoms in total. The molecule has 166 valence electrons. The minimum Gasteiger partial charge on any atom is -0.488 e. The van der Waals surface area contributed by atoms with Crippen LogP contribution < -0.4 is 15.0 Å². The highest BCUT2D eigenvalue weighted by atomic mass is 16.5. The van der Waals surface area contributed by atoms with Crippen molar-refractivity contribution in [3.63, 3.8) is 0 Å². The number of ether oxygens (including phenoxy) is 2. The number of aromatic amines is 1. The van der Waals surface area contributed by atoms with Gasteiger partial charge in [0.05, 0.1) is 16.8 Å². The van der Waals surface area contributed by atoms with Crippen LogP contribution >= 0.6 is 0 Å². The van der Waals surface area contributed by atoms with Gasteiger partial charge in [0.1, 0.15) is 35.8 Å². The smallest absolute Gasteiger partial charge is 0.246 e. The number of nitrogens with one attached hydrogen (secondary N) is 2. The topological polar surface area (TPSA) is 105 Å². The van der Waals surface area contributed by atoms with Gasteiger partial charge in [0.2, 0.25) is 5.91 Å². The molecule has 0 radical (unpaired) electrons. The minimum absolute atomic E-state index is 0.0316. The molecule has 4 heterocycles. The van der Waals surface area contributed by atoms with Gasteiger partial charge in [-0.25, -0.2) is 9.97 Å². The number of carbonyl (C=O) groups excluding carboxylic acids is 1. The van der Waals surface area contributed by atoms with Crippen molar-refractivity contribution >= 4 is 22.6 Å². The Morgan fingerprint density at radius 1 is 1.12 bits per heavy atom. The average molecular weight is 435 g/mol. The fourth-order valence-electron chi connectivity index (χ4n) is 4.51. The van der Waals surface area contributed by atoms with Gasteiger partial charge in [-0.1, -0.05) is 0 Å². The Balaban J connectivity index is 1.23. The van der Waals surface area contributed by atoms with Crippen molar-refractivity contribution in [2.24, 2.45) is 0 Å². The Labute approximate surface area is 185 Å². The molecule has 1 saturated carbocycles. The molecule has 2 saturated heterocycles. The van der Waals surface area contributed by atoms with Crippen molar-refractivity contribution < 1.29 is 14.3 Å². The van der Waals surface area contributed by atoms with Gasteiger partial charge < -0.3 is 19.7 Å². The van der Waals surface area contributed by atoms with Crippen molar-refractivity contribution in [3.8, 4) is 17.1 Å². The van der Waals surface area contributed by atoms with Gasteiger partial charge in [-0.05, 0) is 50.8 Å². The van der Waals surface area contributed by atoms with E-state index in [1.807, 2.05) is 24.3 Å². The third-order valence-corrected chi connectivity index (χ3v) is 6.86. The molecule has 0 bridgehead atoms. The van der Waals surface area contributed by atoms with E-state index in [1.54, 1.807) is 6.33 Å². The zero-order valence-electron chi connectivity index (χ0n) is 18.1. The second kappa shape index (κ2) is 7.16. The largest absolute Gasteiger partial charge is 0.488 e. The fourth-order valence-corrected chi connectivity index (χ4v) is 4.51. The Morgan fingerprint density at radius 3 is 2.72 bits per heavy atom. The number of aromatic nitrogens is 4. The van der Waals surface area contributed by atoms with Crippen LogP contribution in [0.1, 0.15) is 32.6 Å². The molecule has 1 aliphatic carbocycles. The Bertz CT molecular complexity index is 1170. The summed E-state index contributed by atoms with van der Waals surface area (Å²) in [5.74, 6) is 1.69. The molecule has 1 aromatic carbocycles. The second-order valence-corrected chi connectivity index (χ2v) is 9.33. The Morgan fingerprint density at radius 2 is 1.97 bits per heavy atom. The lowest BCUT2D eigenvalue weighted by atomic mass is 9.90. The van der Waals surface area contributed by atoms with Crippen molar-refractivity contribution in [1.82, 2.24) is 25.5 Å². The van der Waals surface area contributed by atoms with Crippen LogP contribution in [0.2, 0.25) is 0 Å². The van der Waals surface area contributed by atoms with E-state index in [0.717, 1.165) is 72.6 Å². The molecule has 3 aliphatic rings. The van der Waals surface area contributed by atoms with Crippen LogP contribution in [0.3, 0.4) is 0 Å². The zero-order chi connectivity index (χ0) is 21.8. The van der Waals surface area contributed by atoms with Gasteiger partial charge in [0.15, 0.2) is 0 Å². The molecule has 1 spiro atoms. The predicted molar refractivity (Wildman–Crippen MR) is 119 cm³/mol. The molecular weight excluding hydrogens is 408 g/mol. The number of hydrogen-bond acceptors (Lipinski definition) is 7. The van der Waals surface area contributed by atoms with Gasteiger partial charge in [0, 0.05) is 31.1 Å². The highest BCUT2D eigenvalue weighted by Crippen LogP contribution is 2.40. The maximum Gasteiger partial charge on any atom is 0.246 e. The molecule has 1 amide bonds. The van der Waals surface area contributed by atoms with Gasteiger partial charge in [-0.2, -0.15) is 5.10 Å². The van der Waals surface area contributed by atoms with E-state index in [2.05, 4.69) is 37.3 Å². The Hall–Kier alpha value is -3.20. The van der Waals surface area contributed by atoms with Gasteiger partial charge in [-0.3, -0.25) is 9.89 Å². The first-order valence-electron chi connectivity index (χ1n) is 11.2. The van der Waals surface area contributed by atoms with E-state index in [1.165, 1.54) is 0 Å². The monoisotopic (exact) mass is 434 g/mol. The molecule has 2 N–H and O–H groups in total. The number of hydrogen-bond donors (Lipinski definition) is 2. The van der Waals surface area contributed by atoms with Gasteiger partial charge in [-0.15, -0.1) is 0 Å². The van der Waals surface area contributed by atoms with Gasteiger partial charge in [0.25, 0.3) is 0 Å².